The molecular weight excluding hydrogens is 606 g/mol. The van der Waals surface area contributed by atoms with Gasteiger partial charge in [-0.1, -0.05) is 19.1 Å². The second-order valence-corrected chi connectivity index (χ2v) is 11.4. The fourth-order valence-electron chi connectivity index (χ4n) is 5.00. The summed E-state index contributed by atoms with van der Waals surface area (Å²) in [5.41, 5.74) is 13.7. The molecule has 4 bridgehead atoms. The maximum Gasteiger partial charge on any atom is 0.248 e. The van der Waals surface area contributed by atoms with Crippen molar-refractivity contribution in [1.82, 2.24) is 26.2 Å². The molecule has 0 saturated carbocycles. The van der Waals surface area contributed by atoms with E-state index >= 15 is 0 Å². The van der Waals surface area contributed by atoms with Crippen molar-refractivity contribution in [3.05, 3.63) is 47.5 Å². The summed E-state index contributed by atoms with van der Waals surface area (Å²) in [6, 6.07) is 6.34. The van der Waals surface area contributed by atoms with Gasteiger partial charge in [-0.05, 0) is 62.7 Å². The lowest BCUT2D eigenvalue weighted by atomic mass is 9.93. The highest BCUT2D eigenvalue weighted by Gasteiger charge is 2.33. The summed E-state index contributed by atoms with van der Waals surface area (Å²) >= 11 is 0. The number of fused-ring (bicyclic) bond motifs is 5. The molecule has 1 heterocycles. The van der Waals surface area contributed by atoms with Gasteiger partial charge in [0.15, 0.2) is 5.78 Å². The zero-order chi connectivity index (χ0) is 34.7. The molecule has 256 valence electrons. The Labute approximate surface area is 275 Å². The van der Waals surface area contributed by atoms with E-state index in [1.165, 1.54) is 25.8 Å². The number of ketones is 1. The van der Waals surface area contributed by atoms with Crippen molar-refractivity contribution < 1.29 is 33.4 Å². The van der Waals surface area contributed by atoms with Crippen molar-refractivity contribution in [3.63, 3.8) is 0 Å². The van der Waals surface area contributed by atoms with Gasteiger partial charge >= 0.3 is 0 Å². The van der Waals surface area contributed by atoms with Crippen molar-refractivity contribution in [2.24, 2.45) is 11.5 Å². The van der Waals surface area contributed by atoms with E-state index in [1.54, 1.807) is 37.3 Å². The molecule has 14 heteroatoms. The zero-order valence-corrected chi connectivity index (χ0v) is 27.7. The number of amides is 4. The van der Waals surface area contributed by atoms with Crippen LogP contribution >= 0.6 is 0 Å². The van der Waals surface area contributed by atoms with Crippen LogP contribution in [0.5, 0.6) is 11.5 Å². The maximum atomic E-state index is 13.9. The van der Waals surface area contributed by atoms with Crippen molar-refractivity contribution in [1.29, 1.82) is 0 Å². The lowest BCUT2D eigenvalue weighted by Crippen LogP contribution is -2.56. The normalized spacial score (nSPS) is 18.6. The molecule has 2 aromatic rings. The van der Waals surface area contributed by atoms with Gasteiger partial charge in [-0.25, -0.2) is 0 Å². The number of hydrogen-bond acceptors (Lipinski definition) is 10. The minimum Gasteiger partial charge on any atom is -0.492 e. The molecule has 1 aliphatic heterocycles. The van der Waals surface area contributed by atoms with Crippen LogP contribution in [0.3, 0.4) is 0 Å². The van der Waals surface area contributed by atoms with Gasteiger partial charge in [0.05, 0.1) is 12.6 Å². The number of Topliss-reactive ketones (excluding diaryl/α,β-unsaturated/α-hetero) is 1. The molecule has 47 heavy (non-hydrogen) atoms. The molecule has 8 N–H and O–H groups in total. The van der Waals surface area contributed by atoms with Crippen molar-refractivity contribution in [3.8, 4) is 22.6 Å². The van der Waals surface area contributed by atoms with E-state index in [9.17, 15) is 24.0 Å². The first kappa shape index (κ1) is 36.9. The molecule has 4 atom stereocenters. The Morgan fingerprint density at radius 1 is 0.979 bits per heavy atom. The smallest absolute Gasteiger partial charge is 0.248 e. The molecule has 4 unspecified atom stereocenters. The highest BCUT2D eigenvalue weighted by atomic mass is 16.5. The summed E-state index contributed by atoms with van der Waals surface area (Å²) < 4.78 is 12.0. The van der Waals surface area contributed by atoms with Crippen molar-refractivity contribution in [2.75, 3.05) is 46.4 Å². The van der Waals surface area contributed by atoms with Crippen LogP contribution in [0.4, 0.5) is 0 Å². The van der Waals surface area contributed by atoms with Crippen LogP contribution in [0.25, 0.3) is 11.1 Å². The van der Waals surface area contributed by atoms with Gasteiger partial charge in [-0.2, -0.15) is 0 Å². The molecule has 2 aromatic carbocycles. The van der Waals surface area contributed by atoms with Gasteiger partial charge in [0.2, 0.25) is 23.6 Å². The van der Waals surface area contributed by atoms with Gasteiger partial charge in [0, 0.05) is 37.7 Å². The first-order valence-electron chi connectivity index (χ1n) is 15.7. The zero-order valence-electron chi connectivity index (χ0n) is 27.7. The van der Waals surface area contributed by atoms with Gasteiger partial charge in [0.1, 0.15) is 42.8 Å². The number of hydrogen-bond donors (Lipinski definition) is 6. The molecule has 0 radical (unpaired) electrons. The lowest BCUT2D eigenvalue weighted by molar-refractivity contribution is -0.140. The van der Waals surface area contributed by atoms with E-state index in [-0.39, 0.29) is 51.0 Å². The van der Waals surface area contributed by atoms with Crippen LogP contribution in [-0.4, -0.2) is 98.9 Å². The summed E-state index contributed by atoms with van der Waals surface area (Å²) in [6.45, 7) is 7.71. The number of rotatable bonds is 13. The Bertz CT molecular complexity index is 1450. The first-order chi connectivity index (χ1) is 22.4. The first-order valence-corrected chi connectivity index (χ1v) is 15.7. The average Bonchev–Trinajstić information content (AvgIpc) is 3.04. The second-order valence-electron chi connectivity index (χ2n) is 11.4. The summed E-state index contributed by atoms with van der Waals surface area (Å²) in [6.07, 6.45) is 0.0516. The number of likely N-dealkylation sites (N-methyl/N-ethyl adjacent to an activating group) is 2. The van der Waals surface area contributed by atoms with Crippen molar-refractivity contribution in [2.45, 2.75) is 58.3 Å². The predicted molar refractivity (Wildman–Crippen MR) is 177 cm³/mol. The largest absolute Gasteiger partial charge is 0.492 e. The Kier molecular flexibility index (Phi) is 13.7. The second kappa shape index (κ2) is 17.4. The monoisotopic (exact) mass is 653 g/mol. The molecule has 1 aliphatic rings. The number of nitrogens with two attached hydrogens (primary N) is 2. The third-order valence-corrected chi connectivity index (χ3v) is 7.75. The number of nitrogens with one attached hydrogen (secondary N) is 4. The van der Waals surface area contributed by atoms with E-state index in [0.717, 1.165) is 0 Å². The summed E-state index contributed by atoms with van der Waals surface area (Å²) in [5, 5.41) is 11.1. The van der Waals surface area contributed by atoms with Crippen molar-refractivity contribution >= 4 is 29.4 Å². The SMILES string of the molecule is CCNCC(=O)N(C)C1C(=O)NC(C)C(=O)NC(C(=O)NC(C)C(C)=O)Cc2ccc(OCCN)c(c2)-c2cc1ccc2OCCN. The molecule has 0 aliphatic carbocycles. The van der Waals surface area contributed by atoms with Crippen LogP contribution in [0.15, 0.2) is 36.4 Å². The van der Waals surface area contributed by atoms with Gasteiger partial charge in [0.25, 0.3) is 0 Å². The Morgan fingerprint density at radius 3 is 2.19 bits per heavy atom. The summed E-state index contributed by atoms with van der Waals surface area (Å²) in [7, 11) is 1.52. The number of benzene rings is 2. The van der Waals surface area contributed by atoms with Crippen LogP contribution in [0, 0.1) is 0 Å². The molecule has 14 nitrogen and oxygen atoms in total. The number of ether oxygens (including phenoxy) is 2. The van der Waals surface area contributed by atoms with E-state index in [0.29, 0.717) is 40.3 Å². The fourth-order valence-corrected chi connectivity index (χ4v) is 5.00. The molecule has 0 aromatic heterocycles. The maximum absolute atomic E-state index is 13.9. The van der Waals surface area contributed by atoms with E-state index in [1.807, 2.05) is 13.0 Å². The number of nitrogens with zero attached hydrogens (tertiary/aromatic N) is 1. The Hall–Kier alpha value is -4.53. The van der Waals surface area contributed by atoms with E-state index in [2.05, 4.69) is 21.3 Å². The van der Waals surface area contributed by atoms with Crippen LogP contribution < -0.4 is 42.2 Å². The van der Waals surface area contributed by atoms with Gasteiger partial charge in [-0.15, -0.1) is 0 Å². The van der Waals surface area contributed by atoms with Gasteiger partial charge in [-0.3, -0.25) is 24.0 Å². The molecule has 3 rings (SSSR count). The third kappa shape index (κ3) is 9.73. The molecule has 0 fully saturated rings. The average molecular weight is 654 g/mol. The Morgan fingerprint density at radius 2 is 1.60 bits per heavy atom. The summed E-state index contributed by atoms with van der Waals surface area (Å²) in [5.74, 6) is -1.49. The van der Waals surface area contributed by atoms with E-state index in [4.69, 9.17) is 20.9 Å². The molecular formula is C33H47N7O7. The quantitative estimate of drug-likeness (QED) is 0.168. The van der Waals surface area contributed by atoms with Crippen LogP contribution in [0.1, 0.15) is 44.9 Å². The van der Waals surface area contributed by atoms with Gasteiger partial charge < -0.3 is 47.1 Å². The van der Waals surface area contributed by atoms with Crippen LogP contribution in [0.2, 0.25) is 0 Å². The highest BCUT2D eigenvalue weighted by molar-refractivity contribution is 5.96. The minimum atomic E-state index is -1.14. The van der Waals surface area contributed by atoms with Crippen LogP contribution in [-0.2, 0) is 30.4 Å². The topological polar surface area (TPSA) is 207 Å². The molecule has 0 spiro atoms. The molecule has 0 saturated heterocycles. The summed E-state index contributed by atoms with van der Waals surface area (Å²) in [4.78, 5) is 67.2. The third-order valence-electron chi connectivity index (χ3n) is 7.75. The standard InChI is InChI=1S/C33H47N7O7/c1-6-36-18-29(42)40(5)30-23-8-10-28(47-14-12-35)25(17-23)24-15-22(7-9-27(24)46-13-11-34)16-26(32(44)37-19(2)21(4)41)39-31(43)20(3)38-33(30)45/h7-10,15,17,19-20,26,30,36H,6,11-14,16,18,34-35H2,1-5H3,(H,37,44)(H,38,45)(H,39,43). The number of carbonyl (C=O) groups excluding carboxylic acids is 5. The molecule has 4 amide bonds. The lowest BCUT2D eigenvalue weighted by Gasteiger charge is -2.30. The predicted octanol–water partition coefficient (Wildman–Crippen LogP) is -0.223. The fraction of sp³-hybridized carbons (Fsp3) is 0.485. The highest BCUT2D eigenvalue weighted by Crippen LogP contribution is 2.40. The Balaban J connectivity index is 2.28. The van der Waals surface area contributed by atoms with E-state index < -0.39 is 41.9 Å². The number of carbonyl (C=O) groups is 5. The minimum absolute atomic E-state index is 0.00797.